The van der Waals surface area contributed by atoms with Crippen LogP contribution < -0.4 is 0 Å². The molecule has 10 heteroatoms. The molecule has 4 aromatic carbocycles. The predicted molar refractivity (Wildman–Crippen MR) is 316 cm³/mol. The summed E-state index contributed by atoms with van der Waals surface area (Å²) in [6.07, 6.45) is 8.80. The minimum atomic E-state index is -3.33. The Hall–Kier alpha value is -5.92. The van der Waals surface area contributed by atoms with Crippen LogP contribution in [0, 0.1) is 0 Å². The number of phenolic OH excluding ortho intramolecular Hbond substituents is 4. The van der Waals surface area contributed by atoms with Crippen LogP contribution >= 0.6 is 8.25 Å². The summed E-state index contributed by atoms with van der Waals surface area (Å²) in [5.74, 6) is -1.42. The number of carbonyl (C=O) groups excluding carboxylic acids is 2. The van der Waals surface area contributed by atoms with E-state index in [1.807, 2.05) is 190 Å². The molecule has 0 aliphatic heterocycles. The van der Waals surface area contributed by atoms with Gasteiger partial charge in [0.25, 0.3) is 0 Å². The van der Waals surface area contributed by atoms with Gasteiger partial charge < -0.3 is 20.4 Å². The maximum Gasteiger partial charge on any atom is 0.805 e. The summed E-state index contributed by atoms with van der Waals surface area (Å²) in [4.78, 5) is 29.4. The highest BCUT2D eigenvalue weighted by atomic mass is 31.1. The topological polar surface area (TPSA) is 151 Å². The van der Waals surface area contributed by atoms with E-state index < -0.39 is 63.1 Å². The van der Waals surface area contributed by atoms with Gasteiger partial charge in [-0.25, -0.2) is 9.05 Å². The highest BCUT2D eigenvalue weighted by Gasteiger charge is 2.35. The first-order valence-electron chi connectivity index (χ1n) is 26.4. The Bertz CT molecular complexity index is 2670. The molecule has 0 radical (unpaired) electrons. The van der Waals surface area contributed by atoms with Crippen LogP contribution in [0.5, 0.6) is 23.0 Å². The van der Waals surface area contributed by atoms with Crippen LogP contribution in [0.3, 0.4) is 0 Å². The molecule has 76 heavy (non-hydrogen) atoms. The number of ketones is 2. The van der Waals surface area contributed by atoms with Gasteiger partial charge in [-0.1, -0.05) is 178 Å². The van der Waals surface area contributed by atoms with Crippen molar-refractivity contribution in [1.29, 1.82) is 0 Å². The molecule has 0 fully saturated rings. The smallest absolute Gasteiger partial charge is 0.507 e. The van der Waals surface area contributed by atoms with Gasteiger partial charge in [0.1, 0.15) is 23.0 Å². The fourth-order valence-electron chi connectivity index (χ4n) is 8.84. The lowest BCUT2D eigenvalue weighted by Gasteiger charge is -2.28. The number of carbonyl (C=O) groups is 2. The lowest BCUT2D eigenvalue weighted by atomic mass is 9.78. The fourth-order valence-corrected chi connectivity index (χ4v) is 9.48. The van der Waals surface area contributed by atoms with E-state index in [0.717, 1.165) is 0 Å². The first kappa shape index (κ1) is 62.6. The number of phenols is 4. The lowest BCUT2D eigenvalue weighted by Crippen LogP contribution is -2.17. The molecule has 4 rings (SSSR count). The van der Waals surface area contributed by atoms with Gasteiger partial charge in [-0.2, -0.15) is 0 Å². The zero-order chi connectivity index (χ0) is 58.4. The van der Waals surface area contributed by atoms with Crippen LogP contribution in [-0.4, -0.2) is 32.0 Å². The van der Waals surface area contributed by atoms with Crippen molar-refractivity contribution in [2.75, 3.05) is 0 Å². The number of benzene rings is 4. The van der Waals surface area contributed by atoms with E-state index in [1.165, 1.54) is 24.3 Å². The van der Waals surface area contributed by atoms with Gasteiger partial charge in [0.05, 0.1) is 0 Å². The Kier molecular flexibility index (Phi) is 18.0. The van der Waals surface area contributed by atoms with Gasteiger partial charge in [0, 0.05) is 49.1 Å². The van der Waals surface area contributed by atoms with Gasteiger partial charge in [-0.15, -0.1) is 0 Å². The number of aromatic hydroxyl groups is 4. The minimum Gasteiger partial charge on any atom is -0.507 e. The summed E-state index contributed by atoms with van der Waals surface area (Å²) in [5.41, 5.74) is 3.75. The summed E-state index contributed by atoms with van der Waals surface area (Å²) in [6.45, 7) is 47.8. The zero-order valence-corrected chi connectivity index (χ0v) is 51.3. The molecule has 4 N–H and O–H groups in total. The van der Waals surface area contributed by atoms with Gasteiger partial charge in [-0.05, 0) is 138 Å². The molecular weight excluding hydrogens is 968 g/mol. The normalized spacial score (nSPS) is 14.2. The highest BCUT2D eigenvalue weighted by Crippen LogP contribution is 2.45. The molecule has 0 bridgehead atoms. The van der Waals surface area contributed by atoms with E-state index >= 15 is 0 Å². The largest absolute Gasteiger partial charge is 0.805 e. The molecule has 0 aliphatic rings. The molecule has 4 aromatic rings. The van der Waals surface area contributed by atoms with Crippen molar-refractivity contribution in [3.8, 4) is 23.0 Å². The molecule has 0 heterocycles. The third-order valence-electron chi connectivity index (χ3n) is 13.3. The predicted octanol–water partition coefficient (Wildman–Crippen LogP) is 17.5. The average Bonchev–Trinajstić information content (AvgIpc) is 3.22. The third kappa shape index (κ3) is 15.6. The number of hydrogen-bond donors (Lipinski definition) is 4. The van der Waals surface area contributed by atoms with Crippen LogP contribution in [0.2, 0.25) is 0 Å². The maximum atomic E-state index is 14.7. The molecule has 0 aliphatic carbocycles. The standard InChI is InChI=1S/C66H89O9P/c1-59(2,3)43-29-39(30-44(55(43)69)60(4,5)6)25-27-51(67)53(37-41-33-47(63(13,14)15)57(71)48(34-41)64(16,17)18)74-76(73)75-54(38-42-35-49(65(19,20)21)58(72)50(36-42)66(22,23)24)52(68)28-26-40-31-45(61(7,8)9)56(70)46(32-40)62(10,11)12/h25-38H,1-24H3,(H3-,67,68,69,70,71,72)/p+1. The summed E-state index contributed by atoms with van der Waals surface area (Å²) in [5, 5.41) is 46.1. The fraction of sp³-hybridized carbons (Fsp3) is 0.485. The zero-order valence-electron chi connectivity index (χ0n) is 50.4. The molecule has 0 saturated heterocycles. The van der Waals surface area contributed by atoms with Crippen LogP contribution in [0.25, 0.3) is 24.3 Å². The van der Waals surface area contributed by atoms with Gasteiger partial charge >= 0.3 is 8.25 Å². The monoisotopic (exact) mass is 1060 g/mol. The average molecular weight is 1060 g/mol. The first-order chi connectivity index (χ1) is 34.1. The van der Waals surface area contributed by atoms with E-state index in [2.05, 4.69) is 0 Å². The van der Waals surface area contributed by atoms with Gasteiger partial charge in [0.15, 0.2) is 0 Å². The Balaban J connectivity index is 2.02. The molecule has 9 nitrogen and oxygen atoms in total. The van der Waals surface area contributed by atoms with E-state index in [1.54, 1.807) is 36.4 Å². The molecule has 412 valence electrons. The van der Waals surface area contributed by atoms with Crippen molar-refractivity contribution < 1.29 is 43.6 Å². The number of rotatable bonds is 12. The summed E-state index contributed by atoms with van der Waals surface area (Å²) in [7, 11) is -3.33. The molecule has 0 amide bonds. The van der Waals surface area contributed by atoms with Crippen LogP contribution in [0.15, 0.2) is 72.2 Å². The van der Waals surface area contributed by atoms with Crippen molar-refractivity contribution >= 4 is 44.1 Å². The highest BCUT2D eigenvalue weighted by molar-refractivity contribution is 7.33. The van der Waals surface area contributed by atoms with Crippen molar-refractivity contribution in [3.05, 3.63) is 139 Å². The number of hydrogen-bond acceptors (Lipinski definition) is 9. The van der Waals surface area contributed by atoms with E-state index in [4.69, 9.17) is 9.05 Å². The molecule has 0 atom stereocenters. The maximum absolute atomic E-state index is 14.7. The van der Waals surface area contributed by atoms with Crippen LogP contribution in [-0.2, 0) is 66.5 Å². The third-order valence-corrected chi connectivity index (χ3v) is 14.0. The molecule has 0 aromatic heterocycles. The van der Waals surface area contributed by atoms with E-state index in [9.17, 15) is 34.6 Å². The second-order valence-electron chi connectivity index (χ2n) is 28.7. The first-order valence-corrected chi connectivity index (χ1v) is 27.4. The van der Waals surface area contributed by atoms with Crippen LogP contribution in [0.4, 0.5) is 0 Å². The van der Waals surface area contributed by atoms with Crippen molar-refractivity contribution in [2.24, 2.45) is 0 Å². The SMILES string of the molecule is CC(C)(C)c1cc(C=CC(=O)C(=Cc2cc(C(C)(C)C)c(O)c(C(C)(C)C)c2)O[P+](=O)OC(=Cc2cc(C(C)(C)C)c(O)c(C(C)(C)C)c2)C(=O)C=Cc2cc(C(C)(C)C)c(O)c(C(C)(C)C)c2)cc(C(C)(C)C)c1O. The van der Waals surface area contributed by atoms with Gasteiger partial charge in [-0.3, -0.25) is 9.59 Å². The van der Waals surface area contributed by atoms with Crippen molar-refractivity contribution in [1.82, 2.24) is 0 Å². The van der Waals surface area contributed by atoms with Crippen LogP contribution in [0.1, 0.15) is 233 Å². The Morgan fingerprint density at radius 1 is 0.342 bits per heavy atom. The van der Waals surface area contributed by atoms with Crippen molar-refractivity contribution in [3.63, 3.8) is 0 Å². The molecule has 0 unspecified atom stereocenters. The van der Waals surface area contributed by atoms with E-state index in [0.29, 0.717) is 66.8 Å². The Labute approximate surface area is 457 Å². The quantitative estimate of drug-likeness (QED) is 0.0618. The molecular formula is C66H90O9P+. The lowest BCUT2D eigenvalue weighted by molar-refractivity contribution is -0.113. The Morgan fingerprint density at radius 2 is 0.513 bits per heavy atom. The van der Waals surface area contributed by atoms with Crippen molar-refractivity contribution in [2.45, 2.75) is 209 Å². The Morgan fingerprint density at radius 3 is 0.684 bits per heavy atom. The van der Waals surface area contributed by atoms with E-state index in [-0.39, 0.29) is 34.5 Å². The number of allylic oxidation sites excluding steroid dienone is 2. The second kappa shape index (κ2) is 21.8. The second-order valence-corrected chi connectivity index (χ2v) is 29.5. The molecule has 0 saturated carbocycles. The molecule has 0 spiro atoms. The minimum absolute atomic E-state index is 0.133. The summed E-state index contributed by atoms with van der Waals surface area (Å²) in [6, 6.07) is 14.5. The van der Waals surface area contributed by atoms with Gasteiger partial charge in [0.2, 0.25) is 23.1 Å². The summed E-state index contributed by atoms with van der Waals surface area (Å²) >= 11 is 0. The summed E-state index contributed by atoms with van der Waals surface area (Å²) < 4.78 is 26.8.